The van der Waals surface area contributed by atoms with Crippen LogP contribution in [0.4, 0.5) is 5.69 Å². The van der Waals surface area contributed by atoms with Gasteiger partial charge in [0.25, 0.3) is 11.8 Å². The van der Waals surface area contributed by atoms with Gasteiger partial charge in [0.15, 0.2) is 5.69 Å². The molecule has 21 heavy (non-hydrogen) atoms. The summed E-state index contributed by atoms with van der Waals surface area (Å²) in [5, 5.41) is 8.93. The molecule has 2 aromatic rings. The fourth-order valence-corrected chi connectivity index (χ4v) is 1.73. The largest absolute Gasteiger partial charge is 0.361 e. The predicted octanol–water partition coefficient (Wildman–Crippen LogP) is 0.924. The molecular formula is C14H16N4O3. The van der Waals surface area contributed by atoms with Gasteiger partial charge in [0, 0.05) is 19.2 Å². The second kappa shape index (κ2) is 6.67. The third kappa shape index (κ3) is 3.67. The highest BCUT2D eigenvalue weighted by atomic mass is 16.5. The van der Waals surface area contributed by atoms with Gasteiger partial charge in [0.2, 0.25) is 0 Å². The first-order valence-electron chi connectivity index (χ1n) is 6.44. The Bertz CT molecular complexity index is 651. The molecule has 0 fully saturated rings. The van der Waals surface area contributed by atoms with Crippen molar-refractivity contribution in [1.29, 1.82) is 0 Å². The number of nitrogens with one attached hydrogen (secondary N) is 2. The van der Waals surface area contributed by atoms with Crippen molar-refractivity contribution >= 4 is 17.5 Å². The number of hydrogen-bond acceptors (Lipinski definition) is 5. The maximum atomic E-state index is 12.0. The number of carbonyl (C=O) groups is 2. The zero-order valence-electron chi connectivity index (χ0n) is 11.6. The van der Waals surface area contributed by atoms with Crippen molar-refractivity contribution in [2.24, 2.45) is 5.73 Å². The van der Waals surface area contributed by atoms with E-state index in [1.165, 1.54) is 6.07 Å². The van der Waals surface area contributed by atoms with Crippen LogP contribution in [0.25, 0.3) is 0 Å². The minimum Gasteiger partial charge on any atom is -0.361 e. The molecule has 7 heteroatoms. The maximum absolute atomic E-state index is 12.0. The topological polar surface area (TPSA) is 110 Å². The SMILES string of the molecule is Cc1cc(C(=O)Nc2ccccc2C(=O)NCCN)no1. The molecule has 0 saturated carbocycles. The van der Waals surface area contributed by atoms with Crippen molar-refractivity contribution in [1.82, 2.24) is 10.5 Å². The molecule has 0 bridgehead atoms. The van der Waals surface area contributed by atoms with Gasteiger partial charge < -0.3 is 20.9 Å². The van der Waals surface area contributed by atoms with Crippen molar-refractivity contribution in [3.8, 4) is 0 Å². The Hall–Kier alpha value is -2.67. The van der Waals surface area contributed by atoms with Gasteiger partial charge in [-0.25, -0.2) is 0 Å². The smallest absolute Gasteiger partial charge is 0.277 e. The van der Waals surface area contributed by atoms with E-state index in [9.17, 15) is 9.59 Å². The van der Waals surface area contributed by atoms with Crippen LogP contribution >= 0.6 is 0 Å². The summed E-state index contributed by atoms with van der Waals surface area (Å²) in [6.07, 6.45) is 0. The molecule has 0 aliphatic rings. The molecule has 4 N–H and O–H groups in total. The number of hydrogen-bond donors (Lipinski definition) is 3. The number of nitrogens with two attached hydrogens (primary N) is 1. The van der Waals surface area contributed by atoms with E-state index in [4.69, 9.17) is 10.3 Å². The van der Waals surface area contributed by atoms with Gasteiger partial charge in [-0.1, -0.05) is 17.3 Å². The zero-order chi connectivity index (χ0) is 15.2. The lowest BCUT2D eigenvalue weighted by Crippen LogP contribution is -2.30. The number of rotatable bonds is 5. The lowest BCUT2D eigenvalue weighted by molar-refractivity contribution is 0.0955. The Morgan fingerprint density at radius 2 is 2.05 bits per heavy atom. The van der Waals surface area contributed by atoms with E-state index in [1.807, 2.05) is 0 Å². The highest BCUT2D eigenvalue weighted by Gasteiger charge is 2.15. The molecule has 7 nitrogen and oxygen atoms in total. The summed E-state index contributed by atoms with van der Waals surface area (Å²) in [5.41, 5.74) is 6.27. The summed E-state index contributed by atoms with van der Waals surface area (Å²) in [6, 6.07) is 8.22. The average molecular weight is 288 g/mol. The number of carbonyl (C=O) groups excluding carboxylic acids is 2. The average Bonchev–Trinajstić information content (AvgIpc) is 2.92. The van der Waals surface area contributed by atoms with Crippen LogP contribution < -0.4 is 16.4 Å². The van der Waals surface area contributed by atoms with Crippen molar-refractivity contribution in [2.75, 3.05) is 18.4 Å². The van der Waals surface area contributed by atoms with Crippen molar-refractivity contribution < 1.29 is 14.1 Å². The van der Waals surface area contributed by atoms with E-state index in [2.05, 4.69) is 15.8 Å². The fraction of sp³-hybridized carbons (Fsp3) is 0.214. The number of amides is 2. The summed E-state index contributed by atoms with van der Waals surface area (Å²) in [4.78, 5) is 24.0. The monoisotopic (exact) mass is 288 g/mol. The first-order chi connectivity index (χ1) is 10.1. The summed E-state index contributed by atoms with van der Waals surface area (Å²) in [6.45, 7) is 2.40. The second-order valence-electron chi connectivity index (χ2n) is 4.37. The summed E-state index contributed by atoms with van der Waals surface area (Å²) in [5.74, 6) is -0.201. The summed E-state index contributed by atoms with van der Waals surface area (Å²) >= 11 is 0. The normalized spacial score (nSPS) is 10.2. The highest BCUT2D eigenvalue weighted by Crippen LogP contribution is 2.16. The van der Waals surface area contributed by atoms with Gasteiger partial charge in [-0.15, -0.1) is 0 Å². The summed E-state index contributed by atoms with van der Waals surface area (Å²) < 4.78 is 4.85. The van der Waals surface area contributed by atoms with Gasteiger partial charge in [-0.05, 0) is 19.1 Å². The van der Waals surface area contributed by atoms with Gasteiger partial charge in [0.05, 0.1) is 11.3 Å². The molecule has 0 aliphatic heterocycles. The molecule has 0 unspecified atom stereocenters. The maximum Gasteiger partial charge on any atom is 0.277 e. The van der Waals surface area contributed by atoms with Gasteiger partial charge >= 0.3 is 0 Å². The lowest BCUT2D eigenvalue weighted by atomic mass is 10.1. The van der Waals surface area contributed by atoms with E-state index in [0.29, 0.717) is 30.1 Å². The Morgan fingerprint density at radius 3 is 2.71 bits per heavy atom. The number of para-hydroxylation sites is 1. The quantitative estimate of drug-likeness (QED) is 0.758. The third-order valence-corrected chi connectivity index (χ3v) is 2.71. The summed E-state index contributed by atoms with van der Waals surface area (Å²) in [7, 11) is 0. The van der Waals surface area contributed by atoms with Crippen molar-refractivity contribution in [2.45, 2.75) is 6.92 Å². The van der Waals surface area contributed by atoms with Crippen LogP contribution in [0.5, 0.6) is 0 Å². The molecule has 1 aromatic carbocycles. The van der Waals surface area contributed by atoms with E-state index in [1.54, 1.807) is 31.2 Å². The molecule has 1 heterocycles. The van der Waals surface area contributed by atoms with E-state index in [0.717, 1.165) is 0 Å². The molecule has 0 aliphatic carbocycles. The number of nitrogens with zero attached hydrogens (tertiary/aromatic N) is 1. The van der Waals surface area contributed by atoms with Crippen LogP contribution in [0.3, 0.4) is 0 Å². The molecule has 110 valence electrons. The molecule has 0 radical (unpaired) electrons. The molecule has 2 rings (SSSR count). The van der Waals surface area contributed by atoms with E-state index < -0.39 is 5.91 Å². The lowest BCUT2D eigenvalue weighted by Gasteiger charge is -2.10. The third-order valence-electron chi connectivity index (χ3n) is 2.71. The minimum atomic E-state index is -0.439. The first kappa shape index (κ1) is 14.7. The molecule has 0 saturated heterocycles. The standard InChI is InChI=1S/C14H16N4O3/c1-9-8-12(18-21-9)14(20)17-11-5-3-2-4-10(11)13(19)16-7-6-15/h2-5,8H,6-7,15H2,1H3,(H,16,19)(H,17,20). The first-order valence-corrected chi connectivity index (χ1v) is 6.44. The Balaban J connectivity index is 2.16. The molecule has 0 spiro atoms. The number of anilines is 1. The van der Waals surface area contributed by atoms with Crippen LogP contribution in [0, 0.1) is 6.92 Å². The molecule has 2 amide bonds. The van der Waals surface area contributed by atoms with Gasteiger partial charge in [-0.3, -0.25) is 9.59 Å². The van der Waals surface area contributed by atoms with E-state index >= 15 is 0 Å². The number of benzene rings is 1. The van der Waals surface area contributed by atoms with Crippen LogP contribution in [0.15, 0.2) is 34.9 Å². The second-order valence-corrected chi connectivity index (χ2v) is 4.37. The molecule has 0 atom stereocenters. The predicted molar refractivity (Wildman–Crippen MR) is 77.0 cm³/mol. The van der Waals surface area contributed by atoms with Crippen LogP contribution in [-0.2, 0) is 0 Å². The fourth-order valence-electron chi connectivity index (χ4n) is 1.73. The Morgan fingerprint density at radius 1 is 1.29 bits per heavy atom. The minimum absolute atomic E-state index is 0.157. The van der Waals surface area contributed by atoms with Gasteiger partial charge in [0.1, 0.15) is 5.76 Å². The van der Waals surface area contributed by atoms with Crippen LogP contribution in [-0.4, -0.2) is 30.1 Å². The zero-order valence-corrected chi connectivity index (χ0v) is 11.6. The Kier molecular flexibility index (Phi) is 4.68. The van der Waals surface area contributed by atoms with Crippen LogP contribution in [0.1, 0.15) is 26.6 Å². The van der Waals surface area contributed by atoms with E-state index in [-0.39, 0.29) is 11.6 Å². The van der Waals surface area contributed by atoms with Crippen molar-refractivity contribution in [3.63, 3.8) is 0 Å². The molecule has 1 aromatic heterocycles. The molecular weight excluding hydrogens is 272 g/mol. The van der Waals surface area contributed by atoms with Gasteiger partial charge in [-0.2, -0.15) is 0 Å². The number of aromatic nitrogens is 1. The van der Waals surface area contributed by atoms with Crippen LogP contribution in [0.2, 0.25) is 0 Å². The Labute approximate surface area is 121 Å². The van der Waals surface area contributed by atoms with Crippen molar-refractivity contribution in [3.05, 3.63) is 47.3 Å². The number of aryl methyl sites for hydroxylation is 1. The highest BCUT2D eigenvalue weighted by molar-refractivity contribution is 6.08.